The maximum atomic E-state index is 9.01. The van der Waals surface area contributed by atoms with Crippen molar-refractivity contribution in [2.45, 2.75) is 39.2 Å². The first-order chi connectivity index (χ1) is 11.9. The van der Waals surface area contributed by atoms with Gasteiger partial charge in [-0.15, -0.1) is 0 Å². The molecule has 0 radical (unpaired) electrons. The summed E-state index contributed by atoms with van der Waals surface area (Å²) in [5, 5.41) is 31.3. The molecule has 0 amide bonds. The molecular weight excluding hydrogens is 310 g/mol. The zero-order chi connectivity index (χ0) is 18.4. The second-order valence-corrected chi connectivity index (χ2v) is 6.71. The fourth-order valence-corrected chi connectivity index (χ4v) is 2.42. The van der Waals surface area contributed by atoms with Gasteiger partial charge in [-0.2, -0.15) is 20.9 Å². The van der Waals surface area contributed by atoms with Crippen LogP contribution in [0, 0.1) is 34.0 Å². The third-order valence-electron chi connectivity index (χ3n) is 3.81. The Morgan fingerprint density at radius 3 is 2.28 bits per heavy atom. The molecule has 5 nitrogen and oxygen atoms in total. The SMILES string of the molecule is CC(C)(C)c1ccc(-c2nn(CCC#N)cc2C=C(C#N)C#N)cc1. The van der Waals surface area contributed by atoms with Gasteiger partial charge in [0.2, 0.25) is 0 Å². The fourth-order valence-electron chi connectivity index (χ4n) is 2.42. The van der Waals surface area contributed by atoms with Gasteiger partial charge in [-0.05, 0) is 17.1 Å². The maximum Gasteiger partial charge on any atom is 0.130 e. The summed E-state index contributed by atoms with van der Waals surface area (Å²) in [6.45, 7) is 6.92. The molecule has 124 valence electrons. The molecule has 0 N–H and O–H groups in total. The number of aromatic nitrogens is 2. The van der Waals surface area contributed by atoms with Gasteiger partial charge >= 0.3 is 0 Å². The summed E-state index contributed by atoms with van der Waals surface area (Å²) in [5.41, 5.74) is 3.59. The van der Waals surface area contributed by atoms with Crippen LogP contribution in [0.5, 0.6) is 0 Å². The van der Waals surface area contributed by atoms with Crippen molar-refractivity contribution in [2.24, 2.45) is 0 Å². The molecule has 5 heteroatoms. The van der Waals surface area contributed by atoms with E-state index in [1.165, 1.54) is 11.6 Å². The Hall–Kier alpha value is -3.36. The van der Waals surface area contributed by atoms with Crippen molar-refractivity contribution in [3.63, 3.8) is 0 Å². The fraction of sp³-hybridized carbons (Fsp3) is 0.300. The predicted octanol–water partition coefficient (Wildman–Crippen LogP) is 4.19. The molecule has 0 aliphatic heterocycles. The molecule has 0 unspecified atom stereocenters. The first kappa shape index (κ1) is 18.0. The number of nitriles is 3. The van der Waals surface area contributed by atoms with E-state index in [4.69, 9.17) is 15.8 Å². The Balaban J connectivity index is 2.50. The number of allylic oxidation sites excluding steroid dienone is 1. The molecule has 2 aromatic rings. The molecule has 1 heterocycles. The molecule has 0 saturated carbocycles. The van der Waals surface area contributed by atoms with Crippen LogP contribution in [-0.4, -0.2) is 9.78 Å². The molecule has 0 spiro atoms. The highest BCUT2D eigenvalue weighted by molar-refractivity contribution is 5.75. The van der Waals surface area contributed by atoms with E-state index in [9.17, 15) is 0 Å². The molecular formula is C20H19N5. The van der Waals surface area contributed by atoms with Crippen molar-refractivity contribution in [3.05, 3.63) is 47.2 Å². The Morgan fingerprint density at radius 2 is 1.76 bits per heavy atom. The van der Waals surface area contributed by atoms with Gasteiger partial charge in [-0.1, -0.05) is 45.0 Å². The molecule has 0 bridgehead atoms. The third-order valence-corrected chi connectivity index (χ3v) is 3.81. The van der Waals surface area contributed by atoms with Gasteiger partial charge in [0.05, 0.1) is 24.7 Å². The second-order valence-electron chi connectivity index (χ2n) is 6.71. The minimum Gasteiger partial charge on any atom is -0.270 e. The summed E-state index contributed by atoms with van der Waals surface area (Å²) >= 11 is 0. The average Bonchev–Trinajstić information content (AvgIpc) is 3.00. The van der Waals surface area contributed by atoms with E-state index in [2.05, 4.69) is 44.1 Å². The minimum absolute atomic E-state index is 0.0207. The smallest absolute Gasteiger partial charge is 0.130 e. The van der Waals surface area contributed by atoms with Gasteiger partial charge in [0.15, 0.2) is 0 Å². The lowest BCUT2D eigenvalue weighted by Crippen LogP contribution is -2.10. The standard InChI is InChI=1S/C20H19N5/c1-20(2,3)18-7-5-16(6-8-18)19-17(11-15(12-22)13-23)14-25(24-19)10-4-9-21/h5-8,11,14H,4,10H2,1-3H3. The van der Waals surface area contributed by atoms with Crippen molar-refractivity contribution in [1.29, 1.82) is 15.8 Å². The van der Waals surface area contributed by atoms with Gasteiger partial charge in [-0.25, -0.2) is 0 Å². The van der Waals surface area contributed by atoms with Crippen LogP contribution in [0.15, 0.2) is 36.0 Å². The van der Waals surface area contributed by atoms with Crippen LogP contribution < -0.4 is 0 Å². The summed E-state index contributed by atoms with van der Waals surface area (Å²) in [6, 6.07) is 13.9. The number of aryl methyl sites for hydroxylation is 1. The first-order valence-electron chi connectivity index (χ1n) is 7.96. The Morgan fingerprint density at radius 1 is 1.12 bits per heavy atom. The summed E-state index contributed by atoms with van der Waals surface area (Å²) in [4.78, 5) is 0. The van der Waals surface area contributed by atoms with Crippen LogP contribution in [0.25, 0.3) is 17.3 Å². The van der Waals surface area contributed by atoms with Crippen molar-refractivity contribution in [2.75, 3.05) is 0 Å². The van der Waals surface area contributed by atoms with Gasteiger partial charge < -0.3 is 0 Å². The van der Waals surface area contributed by atoms with Crippen LogP contribution >= 0.6 is 0 Å². The molecule has 2 rings (SSSR count). The lowest BCUT2D eigenvalue weighted by molar-refractivity contribution is 0.590. The van der Waals surface area contributed by atoms with Crippen molar-refractivity contribution < 1.29 is 0 Å². The summed E-state index contributed by atoms with van der Waals surface area (Å²) in [6.07, 6.45) is 3.64. The Kier molecular flexibility index (Phi) is 5.38. The topological polar surface area (TPSA) is 89.2 Å². The Labute approximate surface area is 148 Å². The number of hydrogen-bond donors (Lipinski definition) is 0. The maximum absolute atomic E-state index is 9.01. The molecule has 0 aliphatic rings. The van der Waals surface area contributed by atoms with Crippen LogP contribution in [0.1, 0.15) is 38.3 Å². The lowest BCUT2D eigenvalue weighted by atomic mass is 9.86. The molecule has 1 aromatic heterocycles. The van der Waals surface area contributed by atoms with E-state index < -0.39 is 0 Å². The highest BCUT2D eigenvalue weighted by Gasteiger charge is 2.15. The van der Waals surface area contributed by atoms with E-state index in [1.807, 2.05) is 24.3 Å². The van der Waals surface area contributed by atoms with E-state index in [1.54, 1.807) is 10.9 Å². The average molecular weight is 329 g/mol. The molecule has 0 fully saturated rings. The van der Waals surface area contributed by atoms with E-state index in [0.717, 1.165) is 5.56 Å². The zero-order valence-corrected chi connectivity index (χ0v) is 14.6. The second kappa shape index (κ2) is 7.47. The van der Waals surface area contributed by atoms with Crippen molar-refractivity contribution >= 4 is 6.08 Å². The monoisotopic (exact) mass is 329 g/mol. The summed E-state index contributed by atoms with van der Waals surface area (Å²) in [7, 11) is 0. The molecule has 0 aliphatic carbocycles. The molecule has 25 heavy (non-hydrogen) atoms. The Bertz CT molecular complexity index is 887. The van der Waals surface area contributed by atoms with Gasteiger partial charge in [-0.3, -0.25) is 4.68 Å². The van der Waals surface area contributed by atoms with Gasteiger partial charge in [0.25, 0.3) is 0 Å². The molecule has 0 atom stereocenters. The summed E-state index contributed by atoms with van der Waals surface area (Å²) < 4.78 is 1.68. The van der Waals surface area contributed by atoms with E-state index in [-0.39, 0.29) is 11.0 Å². The molecule has 0 saturated heterocycles. The largest absolute Gasteiger partial charge is 0.270 e. The number of benzene rings is 1. The van der Waals surface area contributed by atoms with E-state index >= 15 is 0 Å². The first-order valence-corrected chi connectivity index (χ1v) is 7.96. The van der Waals surface area contributed by atoms with Crippen molar-refractivity contribution in [3.8, 4) is 29.5 Å². The van der Waals surface area contributed by atoms with Crippen LogP contribution in [-0.2, 0) is 12.0 Å². The number of rotatable bonds is 4. The summed E-state index contributed by atoms with van der Waals surface area (Å²) in [5.74, 6) is 0. The van der Waals surface area contributed by atoms with Crippen LogP contribution in [0.2, 0.25) is 0 Å². The zero-order valence-electron chi connectivity index (χ0n) is 14.6. The van der Waals surface area contributed by atoms with Crippen LogP contribution in [0.3, 0.4) is 0 Å². The number of hydrogen-bond acceptors (Lipinski definition) is 4. The highest BCUT2D eigenvalue weighted by Crippen LogP contribution is 2.28. The normalized spacial score (nSPS) is 10.4. The quantitative estimate of drug-likeness (QED) is 0.786. The van der Waals surface area contributed by atoms with E-state index in [0.29, 0.717) is 24.2 Å². The van der Waals surface area contributed by atoms with Gasteiger partial charge in [0.1, 0.15) is 17.7 Å². The number of nitrogens with zero attached hydrogens (tertiary/aromatic N) is 5. The van der Waals surface area contributed by atoms with Crippen LogP contribution in [0.4, 0.5) is 0 Å². The predicted molar refractivity (Wildman–Crippen MR) is 95.8 cm³/mol. The van der Waals surface area contributed by atoms with Crippen molar-refractivity contribution in [1.82, 2.24) is 9.78 Å². The third kappa shape index (κ3) is 4.34. The minimum atomic E-state index is 0.0207. The van der Waals surface area contributed by atoms with Gasteiger partial charge in [0, 0.05) is 17.3 Å². The molecule has 1 aromatic carbocycles. The highest BCUT2D eigenvalue weighted by atomic mass is 15.3. The lowest BCUT2D eigenvalue weighted by Gasteiger charge is -2.19.